The Hall–Kier alpha value is -0.610. The van der Waals surface area contributed by atoms with E-state index in [9.17, 15) is 0 Å². The molecule has 0 saturated carbocycles. The smallest absolute Gasteiger partial charge is 0.300 e. The van der Waals surface area contributed by atoms with Crippen molar-refractivity contribution < 1.29 is 14.6 Å². The molecule has 0 aliphatic carbocycles. The molecule has 18 heavy (non-hydrogen) atoms. The normalized spacial score (nSPS) is 9.72. The zero-order valence-electron chi connectivity index (χ0n) is 12.1. The molecule has 0 unspecified atom stereocenters. The van der Waals surface area contributed by atoms with Crippen molar-refractivity contribution in [3.8, 4) is 0 Å². The van der Waals surface area contributed by atoms with Crippen molar-refractivity contribution in [2.75, 3.05) is 19.8 Å². The first-order chi connectivity index (χ1) is 8.65. The molecule has 0 aliphatic heterocycles. The minimum absolute atomic E-state index is 0.747. The molecule has 0 amide bonds. The predicted molar refractivity (Wildman–Crippen MR) is 75.8 cm³/mol. The topological polar surface area (TPSA) is 72.5 Å². The van der Waals surface area contributed by atoms with E-state index in [0.717, 1.165) is 33.1 Å². The second-order valence-corrected chi connectivity index (χ2v) is 4.39. The number of hydrogen-bond acceptors (Lipinski definition) is 3. The quantitative estimate of drug-likeness (QED) is 0.560. The van der Waals surface area contributed by atoms with E-state index in [2.05, 4.69) is 6.92 Å². The lowest BCUT2D eigenvalue weighted by Crippen LogP contribution is -2.04. The monoisotopic (exact) mass is 261 g/mol. The Labute approximate surface area is 112 Å². The van der Waals surface area contributed by atoms with Crippen LogP contribution in [-0.2, 0) is 9.53 Å². The van der Waals surface area contributed by atoms with E-state index in [0.29, 0.717) is 0 Å². The lowest BCUT2D eigenvalue weighted by molar-refractivity contribution is -0.134. The van der Waals surface area contributed by atoms with Crippen LogP contribution >= 0.6 is 0 Å². The van der Waals surface area contributed by atoms with Crippen LogP contribution in [0.3, 0.4) is 0 Å². The van der Waals surface area contributed by atoms with Crippen LogP contribution in [0.15, 0.2) is 0 Å². The number of carboxylic acid groups (broad SMARTS) is 1. The highest BCUT2D eigenvalue weighted by Crippen LogP contribution is 2.06. The Morgan fingerprint density at radius 1 is 1.00 bits per heavy atom. The van der Waals surface area contributed by atoms with E-state index in [1.54, 1.807) is 0 Å². The summed E-state index contributed by atoms with van der Waals surface area (Å²) in [5.74, 6) is -0.833. The molecule has 0 aromatic rings. The molecule has 0 rings (SSSR count). The van der Waals surface area contributed by atoms with Crippen molar-refractivity contribution >= 4 is 5.97 Å². The Bertz CT molecular complexity index is 147. The molecular weight excluding hydrogens is 230 g/mol. The summed E-state index contributed by atoms with van der Waals surface area (Å²) in [7, 11) is 0. The van der Waals surface area contributed by atoms with Gasteiger partial charge in [0.15, 0.2) is 0 Å². The molecule has 0 bridgehead atoms. The van der Waals surface area contributed by atoms with Crippen LogP contribution in [0.5, 0.6) is 0 Å². The van der Waals surface area contributed by atoms with Crippen molar-refractivity contribution in [3.05, 3.63) is 0 Å². The second kappa shape index (κ2) is 18.7. The van der Waals surface area contributed by atoms with Gasteiger partial charge in [0.25, 0.3) is 5.97 Å². The zero-order chi connectivity index (χ0) is 14.1. The average molecular weight is 261 g/mol. The van der Waals surface area contributed by atoms with Gasteiger partial charge in [-0.15, -0.1) is 0 Å². The molecule has 4 nitrogen and oxygen atoms in total. The summed E-state index contributed by atoms with van der Waals surface area (Å²) in [6.45, 7) is 5.85. The first kappa shape index (κ1) is 19.7. The van der Waals surface area contributed by atoms with Crippen LogP contribution in [0, 0.1) is 0 Å². The summed E-state index contributed by atoms with van der Waals surface area (Å²) in [6, 6.07) is 0. The van der Waals surface area contributed by atoms with Gasteiger partial charge in [-0.1, -0.05) is 45.4 Å². The molecule has 0 radical (unpaired) electrons. The van der Waals surface area contributed by atoms with Gasteiger partial charge in [-0.3, -0.25) is 4.79 Å². The molecule has 0 saturated heterocycles. The van der Waals surface area contributed by atoms with Gasteiger partial charge in [0, 0.05) is 20.1 Å². The lowest BCUT2D eigenvalue weighted by Gasteiger charge is -2.03. The maximum Gasteiger partial charge on any atom is 0.300 e. The molecule has 0 aromatic carbocycles. The summed E-state index contributed by atoms with van der Waals surface area (Å²) in [6.07, 6.45) is 10.5. The number of carbonyl (C=O) groups is 1. The number of carboxylic acids is 1. The number of nitrogens with two attached hydrogens (primary N) is 1. The zero-order valence-corrected chi connectivity index (χ0v) is 12.1. The molecular formula is C14H31NO3. The number of hydrogen-bond donors (Lipinski definition) is 2. The average Bonchev–Trinajstić information content (AvgIpc) is 2.31. The fourth-order valence-electron chi connectivity index (χ4n) is 1.45. The largest absolute Gasteiger partial charge is 0.481 e. The molecule has 0 spiro atoms. The van der Waals surface area contributed by atoms with E-state index in [1.807, 2.05) is 0 Å². The van der Waals surface area contributed by atoms with Gasteiger partial charge < -0.3 is 15.6 Å². The summed E-state index contributed by atoms with van der Waals surface area (Å²) in [4.78, 5) is 9.00. The van der Waals surface area contributed by atoms with E-state index in [1.165, 1.54) is 44.9 Å². The highest BCUT2D eigenvalue weighted by Gasteiger charge is 1.91. The van der Waals surface area contributed by atoms with E-state index in [4.69, 9.17) is 20.4 Å². The molecule has 0 heterocycles. The molecule has 0 fully saturated rings. The second-order valence-electron chi connectivity index (χ2n) is 4.39. The maximum atomic E-state index is 9.00. The van der Waals surface area contributed by atoms with Gasteiger partial charge in [-0.25, -0.2) is 0 Å². The van der Waals surface area contributed by atoms with Crippen molar-refractivity contribution in [1.82, 2.24) is 0 Å². The van der Waals surface area contributed by atoms with Crippen molar-refractivity contribution in [1.29, 1.82) is 0 Å². The Morgan fingerprint density at radius 2 is 1.44 bits per heavy atom. The summed E-state index contributed by atoms with van der Waals surface area (Å²) in [5.41, 5.74) is 5.36. The third-order valence-electron chi connectivity index (χ3n) is 2.39. The Balaban J connectivity index is 0. The fraction of sp³-hybridized carbons (Fsp3) is 0.929. The van der Waals surface area contributed by atoms with Gasteiger partial charge in [-0.05, 0) is 19.4 Å². The number of unbranched alkanes of at least 4 members (excludes halogenated alkanes) is 6. The molecule has 110 valence electrons. The minimum Gasteiger partial charge on any atom is -0.481 e. The molecule has 3 N–H and O–H groups in total. The molecule has 0 aromatic heterocycles. The van der Waals surface area contributed by atoms with Gasteiger partial charge in [0.2, 0.25) is 0 Å². The van der Waals surface area contributed by atoms with Crippen molar-refractivity contribution in [3.63, 3.8) is 0 Å². The van der Waals surface area contributed by atoms with Gasteiger partial charge in [0.1, 0.15) is 0 Å². The van der Waals surface area contributed by atoms with Crippen molar-refractivity contribution in [2.24, 2.45) is 5.73 Å². The minimum atomic E-state index is -0.833. The number of aliphatic carboxylic acids is 1. The summed E-state index contributed by atoms with van der Waals surface area (Å²) < 4.78 is 5.42. The predicted octanol–water partition coefficient (Wildman–Crippen LogP) is 3.19. The Morgan fingerprint density at radius 3 is 1.94 bits per heavy atom. The van der Waals surface area contributed by atoms with Crippen molar-refractivity contribution in [2.45, 2.75) is 65.2 Å². The molecule has 0 aliphatic rings. The van der Waals surface area contributed by atoms with Gasteiger partial charge in [0.05, 0.1) is 0 Å². The van der Waals surface area contributed by atoms with Gasteiger partial charge >= 0.3 is 0 Å². The molecule has 0 atom stereocenters. The third-order valence-corrected chi connectivity index (χ3v) is 2.39. The standard InChI is InChI=1S/C12H27NO.C2H4O2/c1-2-3-4-5-6-7-8-11-14-12-9-10-13;1-2(3)4/h2-13H2,1H3;1H3,(H,3,4). The maximum absolute atomic E-state index is 9.00. The first-order valence-electron chi connectivity index (χ1n) is 7.12. The lowest BCUT2D eigenvalue weighted by atomic mass is 10.1. The third kappa shape index (κ3) is 29.5. The van der Waals surface area contributed by atoms with E-state index in [-0.39, 0.29) is 0 Å². The van der Waals surface area contributed by atoms with Crippen LogP contribution in [-0.4, -0.2) is 30.8 Å². The Kier molecular flexibility index (Phi) is 20.5. The van der Waals surface area contributed by atoms with Gasteiger partial charge in [-0.2, -0.15) is 0 Å². The van der Waals surface area contributed by atoms with E-state index < -0.39 is 5.97 Å². The molecule has 4 heteroatoms. The van der Waals surface area contributed by atoms with E-state index >= 15 is 0 Å². The number of rotatable bonds is 11. The van der Waals surface area contributed by atoms with Crippen LogP contribution in [0.25, 0.3) is 0 Å². The van der Waals surface area contributed by atoms with Crippen LogP contribution < -0.4 is 5.73 Å². The van der Waals surface area contributed by atoms with Crippen LogP contribution in [0.2, 0.25) is 0 Å². The fourth-order valence-corrected chi connectivity index (χ4v) is 1.45. The highest BCUT2D eigenvalue weighted by atomic mass is 16.5. The van der Waals surface area contributed by atoms with Crippen LogP contribution in [0.1, 0.15) is 65.2 Å². The first-order valence-corrected chi connectivity index (χ1v) is 7.12. The highest BCUT2D eigenvalue weighted by molar-refractivity contribution is 5.62. The number of ether oxygens (including phenoxy) is 1. The van der Waals surface area contributed by atoms with Crippen LogP contribution in [0.4, 0.5) is 0 Å². The SMILES string of the molecule is CC(=O)O.CCCCCCCCCOCCCN. The summed E-state index contributed by atoms with van der Waals surface area (Å²) in [5, 5.41) is 7.42. The summed E-state index contributed by atoms with van der Waals surface area (Å²) >= 11 is 0.